The van der Waals surface area contributed by atoms with Crippen LogP contribution in [0, 0.1) is 0 Å². The number of hydrogen-bond donors (Lipinski definition) is 2. The summed E-state index contributed by atoms with van der Waals surface area (Å²) in [6.07, 6.45) is 2.58. The van der Waals surface area contributed by atoms with Crippen LogP contribution in [-0.4, -0.2) is 39.5 Å². The van der Waals surface area contributed by atoms with E-state index in [9.17, 15) is 9.59 Å². The molecule has 0 fully saturated rings. The van der Waals surface area contributed by atoms with E-state index in [0.717, 1.165) is 26.9 Å². The van der Waals surface area contributed by atoms with Crippen molar-refractivity contribution in [1.82, 2.24) is 25.3 Å². The van der Waals surface area contributed by atoms with Gasteiger partial charge in [-0.15, -0.1) is 5.10 Å². The molecule has 0 atom stereocenters. The molecule has 0 aliphatic rings. The maximum atomic E-state index is 12.4. The van der Waals surface area contributed by atoms with Gasteiger partial charge in [0.05, 0.1) is 12.5 Å². The van der Waals surface area contributed by atoms with E-state index in [2.05, 4.69) is 20.6 Å². The molecule has 28 heavy (non-hydrogen) atoms. The first kappa shape index (κ1) is 17.7. The molecule has 4 rings (SSSR count). The molecule has 0 saturated heterocycles. The van der Waals surface area contributed by atoms with Crippen LogP contribution in [-0.2, 0) is 17.8 Å². The van der Waals surface area contributed by atoms with E-state index in [-0.39, 0.29) is 18.0 Å². The Hall–Kier alpha value is -3.68. The number of nitrogens with one attached hydrogen (secondary N) is 2. The van der Waals surface area contributed by atoms with Crippen LogP contribution < -0.4 is 15.6 Å². The summed E-state index contributed by atoms with van der Waals surface area (Å²) in [4.78, 5) is 27.8. The zero-order valence-corrected chi connectivity index (χ0v) is 15.3. The smallest absolute Gasteiger partial charge is 0.278 e. The van der Waals surface area contributed by atoms with Crippen LogP contribution in [0.3, 0.4) is 0 Å². The van der Waals surface area contributed by atoms with Crippen LogP contribution in [0.4, 0.5) is 0 Å². The van der Waals surface area contributed by atoms with Crippen LogP contribution in [0.2, 0.25) is 0 Å². The van der Waals surface area contributed by atoms with Crippen molar-refractivity contribution in [3.63, 3.8) is 0 Å². The Kier molecular flexibility index (Phi) is 4.76. The number of ether oxygens (including phenoxy) is 1. The van der Waals surface area contributed by atoms with Gasteiger partial charge in [0.2, 0.25) is 5.91 Å². The lowest BCUT2D eigenvalue weighted by molar-refractivity contribution is -0.121. The first-order valence-corrected chi connectivity index (χ1v) is 8.89. The summed E-state index contributed by atoms with van der Waals surface area (Å²) in [6, 6.07) is 12.7. The summed E-state index contributed by atoms with van der Waals surface area (Å²) in [5.74, 6) is 0.496. The molecule has 0 spiro atoms. The quantitative estimate of drug-likeness (QED) is 0.532. The zero-order valence-electron chi connectivity index (χ0n) is 15.3. The second-order valence-corrected chi connectivity index (χ2v) is 6.39. The van der Waals surface area contributed by atoms with Crippen molar-refractivity contribution in [2.24, 2.45) is 0 Å². The van der Waals surface area contributed by atoms with Gasteiger partial charge in [-0.1, -0.05) is 17.3 Å². The summed E-state index contributed by atoms with van der Waals surface area (Å²) in [6.45, 7) is 0.275. The third-order valence-corrected chi connectivity index (χ3v) is 4.61. The number of nitrogens with zero attached hydrogens (tertiary/aromatic N) is 3. The lowest BCUT2D eigenvalue weighted by Crippen LogP contribution is -2.35. The summed E-state index contributed by atoms with van der Waals surface area (Å²) in [7, 11) is 1.63. The lowest BCUT2D eigenvalue weighted by atomic mass is 10.1. The molecule has 0 bridgehead atoms. The number of methoxy groups -OCH3 is 1. The van der Waals surface area contributed by atoms with Crippen molar-refractivity contribution in [2.75, 3.05) is 13.7 Å². The Bertz CT molecular complexity index is 1210. The van der Waals surface area contributed by atoms with Crippen LogP contribution >= 0.6 is 0 Å². The average molecular weight is 377 g/mol. The number of aromatic amines is 1. The predicted molar refractivity (Wildman–Crippen MR) is 105 cm³/mol. The molecule has 2 heterocycles. The van der Waals surface area contributed by atoms with Gasteiger partial charge in [-0.2, -0.15) is 0 Å². The molecule has 0 radical (unpaired) electrons. The Morgan fingerprint density at radius 1 is 1.21 bits per heavy atom. The average Bonchev–Trinajstić information content (AvgIpc) is 3.12. The van der Waals surface area contributed by atoms with Gasteiger partial charge in [0.15, 0.2) is 0 Å². The molecule has 0 aliphatic heterocycles. The fourth-order valence-corrected chi connectivity index (χ4v) is 3.15. The van der Waals surface area contributed by atoms with E-state index in [0.29, 0.717) is 23.9 Å². The van der Waals surface area contributed by atoms with E-state index in [4.69, 9.17) is 4.74 Å². The highest BCUT2D eigenvalue weighted by Gasteiger charge is 2.10. The summed E-state index contributed by atoms with van der Waals surface area (Å²) >= 11 is 0. The Labute approximate surface area is 160 Å². The van der Waals surface area contributed by atoms with Crippen molar-refractivity contribution in [3.8, 4) is 5.75 Å². The monoisotopic (exact) mass is 377 g/mol. The van der Waals surface area contributed by atoms with Gasteiger partial charge in [0.25, 0.3) is 5.56 Å². The van der Waals surface area contributed by atoms with Crippen molar-refractivity contribution >= 4 is 27.7 Å². The molecule has 2 aromatic carbocycles. The third-order valence-electron chi connectivity index (χ3n) is 4.61. The summed E-state index contributed by atoms with van der Waals surface area (Å²) in [5, 5.41) is 12.2. The Morgan fingerprint density at radius 3 is 2.93 bits per heavy atom. The van der Waals surface area contributed by atoms with Crippen molar-refractivity contribution in [2.45, 2.75) is 13.0 Å². The first-order chi connectivity index (χ1) is 13.7. The second kappa shape index (κ2) is 7.51. The maximum absolute atomic E-state index is 12.4. The van der Waals surface area contributed by atoms with E-state index >= 15 is 0 Å². The van der Waals surface area contributed by atoms with Gasteiger partial charge in [0, 0.05) is 23.6 Å². The highest BCUT2D eigenvalue weighted by molar-refractivity contribution is 5.84. The molecule has 0 saturated carbocycles. The molecule has 4 aromatic rings. The number of H-pyrrole nitrogens is 1. The molecule has 8 heteroatoms. The molecular formula is C20H19N5O3. The number of hydrogen-bond acceptors (Lipinski definition) is 5. The van der Waals surface area contributed by atoms with Gasteiger partial charge in [0.1, 0.15) is 17.8 Å². The number of amides is 1. The minimum Gasteiger partial charge on any atom is -0.497 e. The maximum Gasteiger partial charge on any atom is 0.278 e. The van der Waals surface area contributed by atoms with Gasteiger partial charge in [-0.25, -0.2) is 4.68 Å². The van der Waals surface area contributed by atoms with Crippen LogP contribution in [0.1, 0.15) is 5.56 Å². The number of carbonyl (C=O) groups is 1. The molecule has 0 unspecified atom stereocenters. The molecule has 1 amide bonds. The van der Waals surface area contributed by atoms with Gasteiger partial charge >= 0.3 is 0 Å². The second-order valence-electron chi connectivity index (χ2n) is 6.39. The van der Waals surface area contributed by atoms with Crippen LogP contribution in [0.5, 0.6) is 5.75 Å². The van der Waals surface area contributed by atoms with Crippen LogP contribution in [0.15, 0.2) is 53.5 Å². The van der Waals surface area contributed by atoms with Gasteiger partial charge in [-0.3, -0.25) is 9.59 Å². The number of rotatable bonds is 6. The topological polar surface area (TPSA) is 102 Å². The number of fused-ring (bicyclic) bond motifs is 2. The third kappa shape index (κ3) is 3.44. The van der Waals surface area contributed by atoms with Crippen LogP contribution in [0.25, 0.3) is 21.8 Å². The molecule has 2 aromatic heterocycles. The largest absolute Gasteiger partial charge is 0.497 e. The fourth-order valence-electron chi connectivity index (χ4n) is 3.15. The number of benzene rings is 2. The van der Waals surface area contributed by atoms with Gasteiger partial charge in [-0.05, 0) is 42.3 Å². The SMILES string of the molecule is COc1ccc2[nH]cc(CCNC(=O)Cn3nnc4ccccc4c3=O)c2c1. The number of aromatic nitrogens is 4. The lowest BCUT2D eigenvalue weighted by Gasteiger charge is -2.07. The molecule has 0 aliphatic carbocycles. The Balaban J connectivity index is 1.40. The van der Waals surface area contributed by atoms with E-state index < -0.39 is 0 Å². The van der Waals surface area contributed by atoms with E-state index in [1.807, 2.05) is 24.4 Å². The minimum atomic E-state index is -0.329. The van der Waals surface area contributed by atoms with Crippen molar-refractivity contribution < 1.29 is 9.53 Å². The molecule has 2 N–H and O–H groups in total. The van der Waals surface area contributed by atoms with Crippen molar-refractivity contribution in [3.05, 3.63) is 64.6 Å². The number of carbonyl (C=O) groups excluding carboxylic acids is 1. The van der Waals surface area contributed by atoms with E-state index in [1.165, 1.54) is 0 Å². The predicted octanol–water partition coefficient (Wildman–Crippen LogP) is 1.64. The Morgan fingerprint density at radius 2 is 2.07 bits per heavy atom. The van der Waals surface area contributed by atoms with Crippen molar-refractivity contribution in [1.29, 1.82) is 0 Å². The van der Waals surface area contributed by atoms with E-state index in [1.54, 1.807) is 31.4 Å². The summed E-state index contributed by atoms with van der Waals surface area (Å²) < 4.78 is 6.35. The minimum absolute atomic E-state index is 0.168. The molecular weight excluding hydrogens is 358 g/mol. The first-order valence-electron chi connectivity index (χ1n) is 8.89. The normalized spacial score (nSPS) is 11.0. The summed E-state index contributed by atoms with van der Waals surface area (Å²) in [5.41, 5.74) is 2.28. The highest BCUT2D eigenvalue weighted by atomic mass is 16.5. The molecule has 142 valence electrons. The zero-order chi connectivity index (χ0) is 19.5. The fraction of sp³-hybridized carbons (Fsp3) is 0.200. The standard InChI is InChI=1S/C20H19N5O3/c1-28-14-6-7-17-16(10-14)13(11-22-17)8-9-21-19(26)12-25-20(27)15-4-2-3-5-18(15)23-24-25/h2-7,10-11,22H,8-9,12H2,1H3,(H,21,26). The molecule has 8 nitrogen and oxygen atoms in total. The highest BCUT2D eigenvalue weighted by Crippen LogP contribution is 2.23. The van der Waals surface area contributed by atoms with Gasteiger partial charge < -0.3 is 15.0 Å².